The molecule has 4 heteroatoms. The molecule has 0 radical (unpaired) electrons. The Morgan fingerprint density at radius 2 is 2.22 bits per heavy atom. The average molecular weight is 246 g/mol. The summed E-state index contributed by atoms with van der Waals surface area (Å²) in [5, 5.41) is 2.98. The number of nitrogens with two attached hydrogens (primary N) is 1. The Morgan fingerprint density at radius 3 is 3.00 bits per heavy atom. The van der Waals surface area contributed by atoms with E-state index in [4.69, 9.17) is 10.5 Å². The summed E-state index contributed by atoms with van der Waals surface area (Å²) < 4.78 is 5.60. The van der Waals surface area contributed by atoms with Crippen LogP contribution in [-0.2, 0) is 4.79 Å². The molecular formula is C14H18N2O2. The molecule has 1 fully saturated rings. The van der Waals surface area contributed by atoms with Gasteiger partial charge in [0, 0.05) is 12.5 Å². The topological polar surface area (TPSA) is 64.4 Å². The fourth-order valence-corrected chi connectivity index (χ4v) is 2.38. The van der Waals surface area contributed by atoms with Crippen molar-refractivity contribution in [2.75, 3.05) is 13.2 Å². The van der Waals surface area contributed by atoms with Crippen molar-refractivity contribution in [1.82, 2.24) is 5.32 Å². The first-order valence-corrected chi connectivity index (χ1v) is 6.48. The number of nitrogens with one attached hydrogen (secondary N) is 1. The highest BCUT2D eigenvalue weighted by Crippen LogP contribution is 2.34. The summed E-state index contributed by atoms with van der Waals surface area (Å²) in [7, 11) is 0. The molecule has 1 aliphatic carbocycles. The molecule has 1 amide bonds. The second-order valence-corrected chi connectivity index (χ2v) is 5.24. The van der Waals surface area contributed by atoms with Crippen molar-refractivity contribution in [3.63, 3.8) is 0 Å². The van der Waals surface area contributed by atoms with Crippen LogP contribution < -0.4 is 15.8 Å². The summed E-state index contributed by atoms with van der Waals surface area (Å²) >= 11 is 0. The Labute approximate surface area is 107 Å². The van der Waals surface area contributed by atoms with Crippen LogP contribution in [-0.4, -0.2) is 24.6 Å². The van der Waals surface area contributed by atoms with Crippen LogP contribution in [0.4, 0.5) is 0 Å². The standard InChI is InChI=1S/C14H18N2O2/c15-14(6-7-14)13(17)16-9-10-5-8-18-12-4-2-1-3-11(10)12/h1-4,10H,5-9,15H2,(H,16,17). The van der Waals surface area contributed by atoms with Crippen molar-refractivity contribution >= 4 is 5.91 Å². The number of amides is 1. The number of hydrogen-bond donors (Lipinski definition) is 2. The van der Waals surface area contributed by atoms with E-state index in [0.717, 1.165) is 25.0 Å². The third-order valence-electron chi connectivity index (χ3n) is 3.83. The van der Waals surface area contributed by atoms with Crippen molar-refractivity contribution in [2.24, 2.45) is 5.73 Å². The van der Waals surface area contributed by atoms with E-state index in [9.17, 15) is 4.79 Å². The molecule has 0 spiro atoms. The van der Waals surface area contributed by atoms with E-state index in [0.29, 0.717) is 19.1 Å². The molecule has 96 valence electrons. The molecular weight excluding hydrogens is 228 g/mol. The smallest absolute Gasteiger partial charge is 0.240 e. The lowest BCUT2D eigenvalue weighted by atomic mass is 9.93. The maximum atomic E-state index is 11.8. The number of carbonyl (C=O) groups is 1. The number of para-hydroxylation sites is 1. The zero-order valence-corrected chi connectivity index (χ0v) is 10.3. The first-order chi connectivity index (χ1) is 8.69. The van der Waals surface area contributed by atoms with Gasteiger partial charge in [0.1, 0.15) is 5.75 Å². The van der Waals surface area contributed by atoms with Crippen molar-refractivity contribution in [3.05, 3.63) is 29.8 Å². The highest BCUT2D eigenvalue weighted by atomic mass is 16.5. The fourth-order valence-electron chi connectivity index (χ4n) is 2.38. The Kier molecular flexibility index (Phi) is 2.74. The predicted octanol–water partition coefficient (Wildman–Crippen LogP) is 1.16. The fraction of sp³-hybridized carbons (Fsp3) is 0.500. The molecule has 0 bridgehead atoms. The van der Waals surface area contributed by atoms with Gasteiger partial charge in [0.05, 0.1) is 12.1 Å². The van der Waals surface area contributed by atoms with Crippen LogP contribution in [0.1, 0.15) is 30.7 Å². The number of carbonyl (C=O) groups excluding carboxylic acids is 1. The minimum atomic E-state index is -0.579. The van der Waals surface area contributed by atoms with Gasteiger partial charge in [0.15, 0.2) is 0 Å². The summed E-state index contributed by atoms with van der Waals surface area (Å²) in [6, 6.07) is 8.03. The Balaban J connectivity index is 1.65. The second kappa shape index (κ2) is 4.28. The van der Waals surface area contributed by atoms with Crippen LogP contribution in [0.5, 0.6) is 5.75 Å². The molecule has 1 aromatic rings. The molecule has 1 heterocycles. The Morgan fingerprint density at radius 1 is 1.44 bits per heavy atom. The van der Waals surface area contributed by atoms with E-state index in [1.54, 1.807) is 0 Å². The molecule has 3 rings (SSSR count). The zero-order chi connectivity index (χ0) is 12.6. The van der Waals surface area contributed by atoms with E-state index in [-0.39, 0.29) is 5.91 Å². The number of hydrogen-bond acceptors (Lipinski definition) is 3. The van der Waals surface area contributed by atoms with Gasteiger partial charge in [-0.25, -0.2) is 0 Å². The van der Waals surface area contributed by atoms with E-state index < -0.39 is 5.54 Å². The molecule has 2 aliphatic rings. The maximum absolute atomic E-state index is 11.8. The summed E-state index contributed by atoms with van der Waals surface area (Å²) in [5.41, 5.74) is 6.47. The lowest BCUT2D eigenvalue weighted by Gasteiger charge is -2.26. The third-order valence-corrected chi connectivity index (χ3v) is 3.83. The van der Waals surface area contributed by atoms with Gasteiger partial charge in [0.25, 0.3) is 0 Å². The summed E-state index contributed by atoms with van der Waals surface area (Å²) in [4.78, 5) is 11.8. The maximum Gasteiger partial charge on any atom is 0.240 e. The van der Waals surface area contributed by atoms with E-state index in [1.807, 2.05) is 18.2 Å². The van der Waals surface area contributed by atoms with Crippen molar-refractivity contribution < 1.29 is 9.53 Å². The minimum Gasteiger partial charge on any atom is -0.493 e. The highest BCUT2D eigenvalue weighted by molar-refractivity contribution is 5.89. The van der Waals surface area contributed by atoms with E-state index in [2.05, 4.69) is 11.4 Å². The zero-order valence-electron chi connectivity index (χ0n) is 10.3. The van der Waals surface area contributed by atoms with Crippen LogP contribution in [0.15, 0.2) is 24.3 Å². The Bertz CT molecular complexity index is 469. The SMILES string of the molecule is NC1(C(=O)NCC2CCOc3ccccc32)CC1. The largest absolute Gasteiger partial charge is 0.493 e. The molecule has 0 saturated heterocycles. The number of rotatable bonds is 3. The van der Waals surface area contributed by atoms with E-state index >= 15 is 0 Å². The molecule has 18 heavy (non-hydrogen) atoms. The molecule has 0 aromatic heterocycles. The van der Waals surface area contributed by atoms with Gasteiger partial charge >= 0.3 is 0 Å². The summed E-state index contributed by atoms with van der Waals surface area (Å²) in [5.74, 6) is 1.27. The van der Waals surface area contributed by atoms with Gasteiger partial charge in [-0.3, -0.25) is 4.79 Å². The Hall–Kier alpha value is -1.55. The lowest BCUT2D eigenvalue weighted by Crippen LogP contribution is -2.44. The monoisotopic (exact) mass is 246 g/mol. The second-order valence-electron chi connectivity index (χ2n) is 5.24. The van der Waals surface area contributed by atoms with Crippen molar-refractivity contribution in [1.29, 1.82) is 0 Å². The first kappa shape index (κ1) is 11.5. The molecule has 1 atom stereocenters. The molecule has 1 aromatic carbocycles. The van der Waals surface area contributed by atoms with Crippen LogP contribution in [0.3, 0.4) is 0 Å². The van der Waals surface area contributed by atoms with Crippen LogP contribution in [0.2, 0.25) is 0 Å². The number of benzene rings is 1. The summed E-state index contributed by atoms with van der Waals surface area (Å²) in [6.07, 6.45) is 2.56. The predicted molar refractivity (Wildman–Crippen MR) is 68.5 cm³/mol. The van der Waals surface area contributed by atoms with Gasteiger partial charge in [-0.2, -0.15) is 0 Å². The minimum absolute atomic E-state index is 0.00790. The van der Waals surface area contributed by atoms with Crippen LogP contribution in [0.25, 0.3) is 0 Å². The quantitative estimate of drug-likeness (QED) is 0.841. The van der Waals surface area contributed by atoms with Crippen LogP contribution >= 0.6 is 0 Å². The third kappa shape index (κ3) is 2.08. The lowest BCUT2D eigenvalue weighted by molar-refractivity contribution is -0.123. The molecule has 1 saturated carbocycles. The van der Waals surface area contributed by atoms with Gasteiger partial charge in [-0.1, -0.05) is 18.2 Å². The van der Waals surface area contributed by atoms with Crippen molar-refractivity contribution in [2.45, 2.75) is 30.7 Å². The van der Waals surface area contributed by atoms with Gasteiger partial charge in [0.2, 0.25) is 5.91 Å². The summed E-state index contributed by atoms with van der Waals surface area (Å²) in [6.45, 7) is 1.36. The number of fused-ring (bicyclic) bond motifs is 1. The molecule has 1 aliphatic heterocycles. The average Bonchev–Trinajstić information content (AvgIpc) is 3.15. The molecule has 3 N–H and O–H groups in total. The first-order valence-electron chi connectivity index (χ1n) is 6.48. The van der Waals surface area contributed by atoms with Gasteiger partial charge in [-0.15, -0.1) is 0 Å². The van der Waals surface area contributed by atoms with E-state index in [1.165, 1.54) is 5.56 Å². The number of ether oxygens (including phenoxy) is 1. The van der Waals surface area contributed by atoms with Gasteiger partial charge in [-0.05, 0) is 30.9 Å². The van der Waals surface area contributed by atoms with Crippen LogP contribution in [0, 0.1) is 0 Å². The highest BCUT2D eigenvalue weighted by Gasteiger charge is 2.45. The molecule has 1 unspecified atom stereocenters. The normalized spacial score (nSPS) is 23.7. The van der Waals surface area contributed by atoms with Gasteiger partial charge < -0.3 is 15.8 Å². The van der Waals surface area contributed by atoms with Crippen molar-refractivity contribution in [3.8, 4) is 5.75 Å². The molecule has 4 nitrogen and oxygen atoms in total.